The Morgan fingerprint density at radius 3 is 2.22 bits per heavy atom. The van der Waals surface area contributed by atoms with Gasteiger partial charge in [0.15, 0.2) is 6.04 Å². The Morgan fingerprint density at radius 1 is 1.03 bits per heavy atom. The smallest absolute Gasteiger partial charge is 0.327 e. The molecule has 4 amide bonds. The third-order valence-corrected chi connectivity index (χ3v) is 7.41. The number of aliphatic carboxylic acids is 1. The van der Waals surface area contributed by atoms with Crippen LogP contribution in [0, 0.1) is 11.8 Å². The number of β-lactam (4-membered cyclic amide) rings is 1. The van der Waals surface area contributed by atoms with Gasteiger partial charge in [-0.2, -0.15) is 0 Å². The van der Waals surface area contributed by atoms with Crippen molar-refractivity contribution in [3.8, 4) is 0 Å². The minimum atomic E-state index is -1.14. The summed E-state index contributed by atoms with van der Waals surface area (Å²) in [5.41, 5.74) is 1.99. The second-order valence-corrected chi connectivity index (χ2v) is 9.94. The summed E-state index contributed by atoms with van der Waals surface area (Å²) in [6, 6.07) is 6.16. The lowest BCUT2D eigenvalue weighted by Crippen LogP contribution is -2.69. The van der Waals surface area contributed by atoms with Gasteiger partial charge in [0, 0.05) is 52.0 Å². The summed E-state index contributed by atoms with van der Waals surface area (Å²) in [7, 11) is 3.93. The molecule has 3 aliphatic heterocycles. The fourth-order valence-electron chi connectivity index (χ4n) is 5.18. The van der Waals surface area contributed by atoms with Crippen molar-refractivity contribution in [2.45, 2.75) is 25.3 Å². The molecule has 1 aromatic carbocycles. The molecule has 3 saturated heterocycles. The summed E-state index contributed by atoms with van der Waals surface area (Å²) in [5, 5.41) is 13.0. The Balaban J connectivity index is 1.29. The number of piperidine rings is 1. The van der Waals surface area contributed by atoms with E-state index < -0.39 is 29.9 Å². The van der Waals surface area contributed by atoms with E-state index in [0.29, 0.717) is 25.4 Å². The second-order valence-electron chi connectivity index (χ2n) is 9.94. The summed E-state index contributed by atoms with van der Waals surface area (Å²) < 4.78 is 0. The molecule has 1 aromatic rings. The first kappa shape index (κ1) is 25.7. The van der Waals surface area contributed by atoms with Gasteiger partial charge in [0.05, 0.1) is 5.92 Å². The van der Waals surface area contributed by atoms with Crippen molar-refractivity contribution < 1.29 is 24.3 Å². The number of piperazine rings is 1. The Hall–Kier alpha value is -3.40. The molecular weight excluding hydrogens is 462 g/mol. The molecule has 194 valence electrons. The van der Waals surface area contributed by atoms with Crippen molar-refractivity contribution in [2.24, 2.45) is 11.8 Å². The van der Waals surface area contributed by atoms with E-state index in [1.165, 1.54) is 11.0 Å². The monoisotopic (exact) mass is 497 g/mol. The number of rotatable bonds is 6. The number of benzene rings is 1. The van der Waals surface area contributed by atoms with Gasteiger partial charge in [-0.3, -0.25) is 9.59 Å². The average molecular weight is 498 g/mol. The number of nitrogens with zero attached hydrogens (tertiary/aromatic N) is 4. The Bertz CT molecular complexity index is 1010. The van der Waals surface area contributed by atoms with Crippen LogP contribution in [0.3, 0.4) is 0 Å². The van der Waals surface area contributed by atoms with E-state index >= 15 is 0 Å². The highest BCUT2D eigenvalue weighted by molar-refractivity contribution is 6.07. The summed E-state index contributed by atoms with van der Waals surface area (Å²) in [5.74, 6) is -2.03. The number of imide groups is 1. The fourth-order valence-corrected chi connectivity index (χ4v) is 5.18. The highest BCUT2D eigenvalue weighted by Gasteiger charge is 2.56. The first-order valence-corrected chi connectivity index (χ1v) is 12.6. The maximum Gasteiger partial charge on any atom is 0.327 e. The van der Waals surface area contributed by atoms with Gasteiger partial charge in [0.25, 0.3) is 0 Å². The molecule has 0 aliphatic carbocycles. The lowest BCUT2D eigenvalue weighted by molar-refractivity contribution is -0.167. The van der Waals surface area contributed by atoms with Gasteiger partial charge >= 0.3 is 12.0 Å². The highest BCUT2D eigenvalue weighted by Crippen LogP contribution is 2.35. The molecule has 36 heavy (non-hydrogen) atoms. The van der Waals surface area contributed by atoms with Gasteiger partial charge in [-0.05, 0) is 62.0 Å². The minimum absolute atomic E-state index is 0.149. The van der Waals surface area contributed by atoms with Crippen molar-refractivity contribution in [3.05, 3.63) is 35.9 Å². The van der Waals surface area contributed by atoms with Crippen LogP contribution in [0.4, 0.5) is 10.5 Å². The van der Waals surface area contributed by atoms with Crippen LogP contribution in [0.25, 0.3) is 6.08 Å². The number of carbonyl (C=O) groups is 4. The number of hydrogen-bond acceptors (Lipinski definition) is 6. The van der Waals surface area contributed by atoms with Gasteiger partial charge in [-0.15, -0.1) is 0 Å². The number of carboxylic acid groups (broad SMARTS) is 1. The van der Waals surface area contributed by atoms with E-state index in [0.717, 1.165) is 42.1 Å². The molecule has 10 heteroatoms. The molecule has 0 unspecified atom stereocenters. The lowest BCUT2D eigenvalue weighted by atomic mass is 9.78. The molecule has 2 N–H and O–H groups in total. The van der Waals surface area contributed by atoms with Crippen LogP contribution in [0.2, 0.25) is 0 Å². The number of amides is 4. The molecule has 3 aliphatic rings. The van der Waals surface area contributed by atoms with E-state index in [4.69, 9.17) is 0 Å². The fraction of sp³-hybridized carbons (Fsp3) is 0.538. The zero-order chi connectivity index (χ0) is 25.8. The number of likely N-dealkylation sites (tertiary alicyclic amines) is 1. The van der Waals surface area contributed by atoms with E-state index in [-0.39, 0.29) is 19.0 Å². The van der Waals surface area contributed by atoms with Gasteiger partial charge in [-0.1, -0.05) is 12.1 Å². The van der Waals surface area contributed by atoms with Gasteiger partial charge in [0.1, 0.15) is 0 Å². The maximum atomic E-state index is 13.0. The summed E-state index contributed by atoms with van der Waals surface area (Å²) >= 11 is 0. The van der Waals surface area contributed by atoms with Crippen molar-refractivity contribution in [1.29, 1.82) is 0 Å². The van der Waals surface area contributed by atoms with Crippen molar-refractivity contribution in [2.75, 3.05) is 58.3 Å². The largest absolute Gasteiger partial charge is 0.480 e. The number of hydrogen-bond donors (Lipinski definition) is 2. The highest BCUT2D eigenvalue weighted by atomic mass is 16.4. The number of anilines is 1. The van der Waals surface area contributed by atoms with Crippen molar-refractivity contribution >= 4 is 35.6 Å². The van der Waals surface area contributed by atoms with Gasteiger partial charge < -0.3 is 25.1 Å². The zero-order valence-corrected chi connectivity index (χ0v) is 20.9. The molecule has 3 fully saturated rings. The third-order valence-electron chi connectivity index (χ3n) is 7.41. The molecule has 0 spiro atoms. The summed E-state index contributed by atoms with van der Waals surface area (Å²) in [6.07, 6.45) is 5.62. The topological polar surface area (TPSA) is 114 Å². The van der Waals surface area contributed by atoms with Gasteiger partial charge in [0.2, 0.25) is 11.8 Å². The van der Waals surface area contributed by atoms with Crippen LogP contribution in [-0.2, 0) is 14.4 Å². The van der Waals surface area contributed by atoms with E-state index in [1.54, 1.807) is 11.0 Å². The number of nitrogens with one attached hydrogen (secondary N) is 1. The molecule has 3 heterocycles. The molecule has 0 aromatic heterocycles. The SMILES string of the molecule is CN(C)c1ccc(C=CC(=O)N2CCN(C(=O)N3C(=O)[C@H](CC4CCNCC4)[C@H]3C(=O)O)CC2)cc1. The Kier molecular flexibility index (Phi) is 7.93. The quantitative estimate of drug-likeness (QED) is 0.450. The first-order chi connectivity index (χ1) is 17.3. The number of carboxylic acids is 1. The molecule has 0 radical (unpaired) electrons. The molecular formula is C26H35N5O5. The second kappa shape index (κ2) is 11.1. The average Bonchev–Trinajstić information content (AvgIpc) is 2.89. The third kappa shape index (κ3) is 5.53. The van der Waals surface area contributed by atoms with Crippen LogP contribution in [0.1, 0.15) is 24.8 Å². The molecule has 10 nitrogen and oxygen atoms in total. The van der Waals surface area contributed by atoms with Crippen LogP contribution in [0.15, 0.2) is 30.3 Å². The summed E-state index contributed by atoms with van der Waals surface area (Å²) in [4.78, 5) is 56.4. The number of carbonyl (C=O) groups excluding carboxylic acids is 3. The van der Waals surface area contributed by atoms with Crippen molar-refractivity contribution in [1.82, 2.24) is 20.0 Å². The molecule has 2 atom stereocenters. The predicted octanol–water partition coefficient (Wildman–Crippen LogP) is 1.33. The lowest BCUT2D eigenvalue weighted by Gasteiger charge is -2.47. The van der Waals surface area contributed by atoms with Crippen LogP contribution >= 0.6 is 0 Å². The standard InChI is InChI=1S/C26H35N5O5/c1-28(2)20-6-3-18(4-7-20)5-8-22(32)29-13-15-30(16-14-29)26(36)31-23(25(34)35)21(24(31)33)17-19-9-11-27-12-10-19/h3-8,19,21,23,27H,9-17H2,1-2H3,(H,34,35)/t21-,23+/m1/s1. The minimum Gasteiger partial charge on any atom is -0.480 e. The van der Waals surface area contributed by atoms with E-state index in [2.05, 4.69) is 5.32 Å². The summed E-state index contributed by atoms with van der Waals surface area (Å²) in [6.45, 7) is 2.90. The molecule has 0 saturated carbocycles. The van der Waals surface area contributed by atoms with Gasteiger partial charge in [-0.25, -0.2) is 14.5 Å². The Morgan fingerprint density at radius 2 is 1.64 bits per heavy atom. The van der Waals surface area contributed by atoms with E-state index in [1.807, 2.05) is 43.3 Å². The van der Waals surface area contributed by atoms with Crippen LogP contribution < -0.4 is 10.2 Å². The molecule has 0 bridgehead atoms. The maximum absolute atomic E-state index is 13.0. The van der Waals surface area contributed by atoms with Crippen molar-refractivity contribution in [3.63, 3.8) is 0 Å². The van der Waals surface area contributed by atoms with Crippen LogP contribution in [0.5, 0.6) is 0 Å². The molecule has 4 rings (SSSR count). The normalized spacial score (nSPS) is 23.1. The van der Waals surface area contributed by atoms with E-state index in [9.17, 15) is 24.3 Å². The first-order valence-electron chi connectivity index (χ1n) is 12.6. The number of urea groups is 1. The van der Waals surface area contributed by atoms with Crippen LogP contribution in [-0.4, -0.2) is 103 Å². The zero-order valence-electron chi connectivity index (χ0n) is 20.9. The Labute approximate surface area is 211 Å². The predicted molar refractivity (Wildman–Crippen MR) is 135 cm³/mol.